The number of hydrogen-bond donors (Lipinski definition) is 2. The minimum atomic E-state index is -3.50. The molecule has 1 unspecified atom stereocenters. The summed E-state index contributed by atoms with van der Waals surface area (Å²) >= 11 is 1.55. The van der Waals surface area contributed by atoms with Crippen molar-refractivity contribution in [3.63, 3.8) is 0 Å². The van der Waals surface area contributed by atoms with E-state index in [-0.39, 0.29) is 16.8 Å². The molecule has 1 atom stereocenters. The summed E-state index contributed by atoms with van der Waals surface area (Å²) in [5.41, 5.74) is 1.52. The van der Waals surface area contributed by atoms with Crippen LogP contribution in [0.2, 0.25) is 0 Å². The van der Waals surface area contributed by atoms with Gasteiger partial charge in [-0.1, -0.05) is 13.3 Å². The van der Waals surface area contributed by atoms with Crippen LogP contribution in [0.25, 0.3) is 0 Å². The molecule has 0 bridgehead atoms. The Morgan fingerprint density at radius 2 is 1.96 bits per heavy atom. The SMILES string of the molecule is CCC1CCc2nc(NC(=O)c3ccc(S(=O)(=O)NC4CC4)cc3)sc2C1. The molecule has 0 radical (unpaired) electrons. The molecule has 2 N–H and O–H groups in total. The van der Waals surface area contributed by atoms with E-state index in [1.807, 2.05) is 0 Å². The maximum atomic E-state index is 12.5. The fourth-order valence-electron chi connectivity index (χ4n) is 3.29. The topological polar surface area (TPSA) is 88.2 Å². The Bertz CT molecular complexity index is 947. The molecule has 1 aromatic heterocycles. The molecule has 2 aliphatic rings. The van der Waals surface area contributed by atoms with E-state index in [0.717, 1.165) is 37.8 Å². The third kappa shape index (κ3) is 4.23. The van der Waals surface area contributed by atoms with Gasteiger partial charge in [-0.15, -0.1) is 11.3 Å². The Morgan fingerprint density at radius 3 is 2.63 bits per heavy atom. The molecular weight excluding hydrogens is 382 g/mol. The van der Waals surface area contributed by atoms with Crippen LogP contribution in [0, 0.1) is 5.92 Å². The molecule has 2 aliphatic carbocycles. The Morgan fingerprint density at radius 1 is 1.22 bits per heavy atom. The van der Waals surface area contributed by atoms with Crippen LogP contribution in [0.3, 0.4) is 0 Å². The lowest BCUT2D eigenvalue weighted by molar-refractivity contribution is 0.102. The quantitative estimate of drug-likeness (QED) is 0.771. The van der Waals surface area contributed by atoms with Crippen LogP contribution in [0.4, 0.5) is 5.13 Å². The van der Waals surface area contributed by atoms with Crippen molar-refractivity contribution in [2.24, 2.45) is 5.92 Å². The van der Waals surface area contributed by atoms with Gasteiger partial charge in [0, 0.05) is 16.5 Å². The summed E-state index contributed by atoms with van der Waals surface area (Å²) in [6.07, 6.45) is 6.11. The minimum absolute atomic E-state index is 0.0567. The number of nitrogens with one attached hydrogen (secondary N) is 2. The maximum absolute atomic E-state index is 12.5. The molecule has 1 amide bonds. The van der Waals surface area contributed by atoms with Gasteiger partial charge < -0.3 is 0 Å². The molecule has 0 aliphatic heterocycles. The highest BCUT2D eigenvalue weighted by Crippen LogP contribution is 2.33. The lowest BCUT2D eigenvalue weighted by atomic mass is 9.89. The molecule has 27 heavy (non-hydrogen) atoms. The molecular formula is C19H23N3O3S2. The molecule has 4 rings (SSSR count). The molecule has 6 nitrogen and oxygen atoms in total. The molecule has 1 saturated carbocycles. The lowest BCUT2D eigenvalue weighted by Crippen LogP contribution is -2.25. The van der Waals surface area contributed by atoms with Gasteiger partial charge in [0.05, 0.1) is 10.6 Å². The number of aryl methyl sites for hydroxylation is 1. The third-order valence-corrected chi connectivity index (χ3v) is 7.74. The summed E-state index contributed by atoms with van der Waals surface area (Å²) in [5, 5.41) is 3.47. The minimum Gasteiger partial charge on any atom is -0.298 e. The number of anilines is 1. The highest BCUT2D eigenvalue weighted by molar-refractivity contribution is 7.89. The monoisotopic (exact) mass is 405 g/mol. The van der Waals surface area contributed by atoms with Crippen LogP contribution in [0.5, 0.6) is 0 Å². The number of fused-ring (bicyclic) bond motifs is 1. The van der Waals surface area contributed by atoms with Gasteiger partial charge in [0.2, 0.25) is 10.0 Å². The lowest BCUT2D eigenvalue weighted by Gasteiger charge is -2.18. The van der Waals surface area contributed by atoms with E-state index in [4.69, 9.17) is 0 Å². The van der Waals surface area contributed by atoms with Crippen LogP contribution in [-0.4, -0.2) is 25.4 Å². The van der Waals surface area contributed by atoms with Crippen LogP contribution < -0.4 is 10.0 Å². The first-order valence-electron chi connectivity index (χ1n) is 9.37. The average Bonchev–Trinajstić information content (AvgIpc) is 3.37. The Hall–Kier alpha value is -1.77. The number of carbonyl (C=O) groups excluding carboxylic acids is 1. The Balaban J connectivity index is 1.43. The number of amides is 1. The number of sulfonamides is 1. The molecule has 1 fully saturated rings. The van der Waals surface area contributed by atoms with E-state index in [0.29, 0.717) is 16.6 Å². The van der Waals surface area contributed by atoms with Gasteiger partial charge in [0.25, 0.3) is 5.91 Å². The Kier molecular flexibility index (Phi) is 5.05. The van der Waals surface area contributed by atoms with Crippen molar-refractivity contribution in [3.05, 3.63) is 40.4 Å². The molecule has 1 heterocycles. The van der Waals surface area contributed by atoms with Gasteiger partial charge in [-0.25, -0.2) is 18.1 Å². The highest BCUT2D eigenvalue weighted by Gasteiger charge is 2.28. The summed E-state index contributed by atoms with van der Waals surface area (Å²) in [6, 6.07) is 6.08. The van der Waals surface area contributed by atoms with E-state index in [2.05, 4.69) is 21.9 Å². The molecule has 2 aromatic rings. The van der Waals surface area contributed by atoms with Gasteiger partial charge >= 0.3 is 0 Å². The zero-order valence-electron chi connectivity index (χ0n) is 15.2. The van der Waals surface area contributed by atoms with Crippen molar-refractivity contribution < 1.29 is 13.2 Å². The summed E-state index contributed by atoms with van der Waals surface area (Å²) < 4.78 is 27.0. The van der Waals surface area contributed by atoms with Crippen LogP contribution in [-0.2, 0) is 22.9 Å². The standard InChI is InChI=1S/C19H23N3O3S2/c1-2-12-3-10-16-17(11-12)26-19(20-16)21-18(23)13-4-8-15(9-5-13)27(24,25)22-14-6-7-14/h4-5,8-9,12,14,22H,2-3,6-7,10-11H2,1H3,(H,20,21,23). The maximum Gasteiger partial charge on any atom is 0.257 e. The van der Waals surface area contributed by atoms with Gasteiger partial charge in [-0.2, -0.15) is 0 Å². The normalized spacial score (nSPS) is 19.5. The zero-order chi connectivity index (χ0) is 19.0. The number of nitrogens with zero attached hydrogens (tertiary/aromatic N) is 1. The van der Waals surface area contributed by atoms with Crippen LogP contribution in [0.1, 0.15) is 53.5 Å². The first kappa shape index (κ1) is 18.6. The van der Waals surface area contributed by atoms with Crippen molar-refractivity contribution in [2.75, 3.05) is 5.32 Å². The van der Waals surface area contributed by atoms with E-state index in [1.165, 1.54) is 35.6 Å². The van der Waals surface area contributed by atoms with E-state index >= 15 is 0 Å². The first-order valence-corrected chi connectivity index (χ1v) is 11.7. The smallest absolute Gasteiger partial charge is 0.257 e. The van der Waals surface area contributed by atoms with Crippen LogP contribution >= 0.6 is 11.3 Å². The number of aromatic nitrogens is 1. The number of rotatable bonds is 6. The summed E-state index contributed by atoms with van der Waals surface area (Å²) in [5.74, 6) is 0.437. The summed E-state index contributed by atoms with van der Waals surface area (Å²) in [6.45, 7) is 2.21. The zero-order valence-corrected chi connectivity index (χ0v) is 16.8. The van der Waals surface area contributed by atoms with Gasteiger partial charge in [0.1, 0.15) is 0 Å². The number of hydrogen-bond acceptors (Lipinski definition) is 5. The number of benzene rings is 1. The number of carbonyl (C=O) groups is 1. The fraction of sp³-hybridized carbons (Fsp3) is 0.474. The second-order valence-electron chi connectivity index (χ2n) is 7.28. The van der Waals surface area contributed by atoms with Crippen molar-refractivity contribution in [1.29, 1.82) is 0 Å². The van der Waals surface area contributed by atoms with E-state index in [1.54, 1.807) is 11.3 Å². The fourth-order valence-corrected chi connectivity index (χ4v) is 5.71. The van der Waals surface area contributed by atoms with Crippen LogP contribution in [0.15, 0.2) is 29.2 Å². The van der Waals surface area contributed by atoms with Crippen molar-refractivity contribution in [2.45, 2.75) is 56.4 Å². The molecule has 1 aromatic carbocycles. The molecule has 8 heteroatoms. The van der Waals surface area contributed by atoms with Crippen molar-refractivity contribution in [3.8, 4) is 0 Å². The Labute approximate surface area is 163 Å². The number of thiazole rings is 1. The average molecular weight is 406 g/mol. The van der Waals surface area contributed by atoms with Gasteiger partial charge in [0.15, 0.2) is 5.13 Å². The first-order chi connectivity index (χ1) is 12.9. The molecule has 0 spiro atoms. The van der Waals surface area contributed by atoms with Crippen molar-refractivity contribution >= 4 is 32.4 Å². The third-order valence-electron chi connectivity index (χ3n) is 5.17. The molecule has 0 saturated heterocycles. The largest absolute Gasteiger partial charge is 0.298 e. The van der Waals surface area contributed by atoms with Crippen molar-refractivity contribution in [1.82, 2.24) is 9.71 Å². The summed E-state index contributed by atoms with van der Waals surface area (Å²) in [4.78, 5) is 18.5. The molecule has 144 valence electrons. The van der Waals surface area contributed by atoms with E-state index in [9.17, 15) is 13.2 Å². The predicted molar refractivity (Wildman–Crippen MR) is 106 cm³/mol. The van der Waals surface area contributed by atoms with Gasteiger partial charge in [-0.3, -0.25) is 10.1 Å². The van der Waals surface area contributed by atoms with E-state index < -0.39 is 10.0 Å². The second-order valence-corrected chi connectivity index (χ2v) is 10.1. The highest BCUT2D eigenvalue weighted by atomic mass is 32.2. The summed E-state index contributed by atoms with van der Waals surface area (Å²) in [7, 11) is -3.50. The van der Waals surface area contributed by atoms with Gasteiger partial charge in [-0.05, 0) is 62.3 Å². The second kappa shape index (κ2) is 7.33. The predicted octanol–water partition coefficient (Wildman–Crippen LogP) is 3.35.